The van der Waals surface area contributed by atoms with Crippen LogP contribution in [0.4, 0.5) is 4.79 Å². The number of carbonyl (C=O) groups excluding carboxylic acids is 1. The third-order valence-electron chi connectivity index (χ3n) is 5.04. The minimum atomic E-state index is -0.361. The Hall–Kier alpha value is -0.770. The number of alkyl carbamates (subject to hydrolysis) is 1. The van der Waals surface area contributed by atoms with Crippen LogP contribution in [-0.2, 0) is 9.47 Å². The van der Waals surface area contributed by atoms with E-state index in [0.717, 1.165) is 38.5 Å². The predicted molar refractivity (Wildman–Crippen MR) is 126 cm³/mol. The average Bonchev–Trinajstić information content (AvgIpc) is 2.57. The molecule has 0 spiro atoms. The number of rotatable bonds is 12. The Balaban J connectivity index is 0.00000729. The number of hydrogen-bond donors (Lipinski definition) is 3. The first-order valence-corrected chi connectivity index (χ1v) is 10.4. The van der Waals surface area contributed by atoms with E-state index in [1.807, 2.05) is 6.92 Å². The molecule has 1 amide bonds. The lowest BCUT2D eigenvalue weighted by molar-refractivity contribution is 0.0778. The van der Waals surface area contributed by atoms with E-state index >= 15 is 0 Å². The zero-order valence-corrected chi connectivity index (χ0v) is 20.6. The van der Waals surface area contributed by atoms with E-state index in [2.05, 4.69) is 36.7 Å². The molecule has 0 saturated heterocycles. The van der Waals surface area contributed by atoms with E-state index in [0.29, 0.717) is 24.5 Å². The Morgan fingerprint density at radius 2 is 1.93 bits per heavy atom. The van der Waals surface area contributed by atoms with Crippen LogP contribution in [0.1, 0.15) is 59.8 Å². The highest BCUT2D eigenvalue weighted by molar-refractivity contribution is 14.0. The second-order valence-electron chi connectivity index (χ2n) is 7.86. The number of hydrogen-bond acceptors (Lipinski definition) is 4. The van der Waals surface area contributed by atoms with E-state index in [-0.39, 0.29) is 36.1 Å². The SMILES string of the molecule is CCNC(=NCC1(CCOC)CCC1)NCC(CC(C)C)NC(=O)OCC.I. The van der Waals surface area contributed by atoms with Gasteiger partial charge in [0.1, 0.15) is 0 Å². The maximum atomic E-state index is 11.8. The number of methoxy groups -OCH3 is 1. The summed E-state index contributed by atoms with van der Waals surface area (Å²) >= 11 is 0. The quantitative estimate of drug-likeness (QED) is 0.212. The summed E-state index contributed by atoms with van der Waals surface area (Å²) in [6.45, 7) is 11.6. The molecule has 1 aliphatic rings. The van der Waals surface area contributed by atoms with Crippen LogP contribution in [0.5, 0.6) is 0 Å². The Morgan fingerprint density at radius 3 is 2.43 bits per heavy atom. The molecular formula is C20H41IN4O3. The molecule has 1 atom stereocenters. The molecule has 28 heavy (non-hydrogen) atoms. The van der Waals surface area contributed by atoms with Gasteiger partial charge in [-0.2, -0.15) is 0 Å². The molecule has 7 nitrogen and oxygen atoms in total. The first kappa shape index (κ1) is 27.2. The molecule has 8 heteroatoms. The molecule has 0 aromatic carbocycles. The van der Waals surface area contributed by atoms with Crippen molar-refractivity contribution in [3.05, 3.63) is 0 Å². The van der Waals surface area contributed by atoms with Crippen LogP contribution < -0.4 is 16.0 Å². The van der Waals surface area contributed by atoms with Gasteiger partial charge in [-0.1, -0.05) is 20.3 Å². The Kier molecular flexibility index (Phi) is 14.7. The summed E-state index contributed by atoms with van der Waals surface area (Å²) < 4.78 is 10.3. The van der Waals surface area contributed by atoms with Gasteiger partial charge in [-0.15, -0.1) is 24.0 Å². The van der Waals surface area contributed by atoms with Crippen molar-refractivity contribution in [1.82, 2.24) is 16.0 Å². The van der Waals surface area contributed by atoms with Crippen molar-refractivity contribution >= 4 is 36.0 Å². The van der Waals surface area contributed by atoms with Crippen molar-refractivity contribution in [2.45, 2.75) is 65.8 Å². The smallest absolute Gasteiger partial charge is 0.407 e. The Morgan fingerprint density at radius 1 is 1.21 bits per heavy atom. The van der Waals surface area contributed by atoms with Crippen LogP contribution in [0.25, 0.3) is 0 Å². The standard InChI is InChI=1S/C20H40N4O3.HI/c1-6-21-18(23-15-20(9-8-10-20)11-12-26-5)22-14-17(13-16(3)4)24-19(25)27-7-2;/h16-17H,6-15H2,1-5H3,(H,24,25)(H2,21,22,23);1H. The number of nitrogens with one attached hydrogen (secondary N) is 3. The Labute approximate surface area is 188 Å². The summed E-state index contributed by atoms with van der Waals surface area (Å²) in [4.78, 5) is 16.6. The van der Waals surface area contributed by atoms with Crippen molar-refractivity contribution in [2.24, 2.45) is 16.3 Å². The van der Waals surface area contributed by atoms with E-state index in [1.54, 1.807) is 7.11 Å². The zero-order valence-electron chi connectivity index (χ0n) is 18.3. The highest BCUT2D eigenvalue weighted by atomic mass is 127. The van der Waals surface area contributed by atoms with Crippen LogP contribution in [-0.4, -0.2) is 58.1 Å². The number of carbonyl (C=O) groups is 1. The first-order valence-electron chi connectivity index (χ1n) is 10.4. The van der Waals surface area contributed by atoms with E-state index in [1.165, 1.54) is 19.3 Å². The molecule has 0 aromatic heterocycles. The van der Waals surface area contributed by atoms with Gasteiger partial charge < -0.3 is 25.4 Å². The van der Waals surface area contributed by atoms with Crippen LogP contribution in [0.3, 0.4) is 0 Å². The van der Waals surface area contributed by atoms with Crippen LogP contribution >= 0.6 is 24.0 Å². The van der Waals surface area contributed by atoms with Crippen LogP contribution in [0.15, 0.2) is 4.99 Å². The van der Waals surface area contributed by atoms with E-state index in [4.69, 9.17) is 14.5 Å². The molecule has 1 aliphatic carbocycles. The lowest BCUT2D eigenvalue weighted by Crippen LogP contribution is -2.48. The fraction of sp³-hybridized carbons (Fsp3) is 0.900. The number of ether oxygens (including phenoxy) is 2. The minimum Gasteiger partial charge on any atom is -0.450 e. The zero-order chi connectivity index (χ0) is 20.1. The monoisotopic (exact) mass is 512 g/mol. The number of aliphatic imine (C=N–C) groups is 1. The minimum absolute atomic E-state index is 0. The van der Waals surface area contributed by atoms with Crippen LogP contribution in [0, 0.1) is 11.3 Å². The number of guanidine groups is 1. The van der Waals surface area contributed by atoms with Crippen molar-refractivity contribution in [3.8, 4) is 0 Å². The predicted octanol–water partition coefficient (Wildman–Crippen LogP) is 3.53. The van der Waals surface area contributed by atoms with Gasteiger partial charge in [-0.05, 0) is 50.9 Å². The number of nitrogens with zero attached hydrogens (tertiary/aromatic N) is 1. The van der Waals surface area contributed by atoms with E-state index in [9.17, 15) is 4.79 Å². The highest BCUT2D eigenvalue weighted by Crippen LogP contribution is 2.44. The van der Waals surface area contributed by atoms with Crippen molar-refractivity contribution in [3.63, 3.8) is 0 Å². The molecule has 1 saturated carbocycles. The fourth-order valence-corrected chi connectivity index (χ4v) is 3.39. The maximum Gasteiger partial charge on any atom is 0.407 e. The first-order chi connectivity index (χ1) is 12.9. The van der Waals surface area contributed by atoms with Gasteiger partial charge in [0.05, 0.1) is 6.61 Å². The molecule has 0 bridgehead atoms. The summed E-state index contributed by atoms with van der Waals surface area (Å²) in [5.41, 5.74) is 0.291. The molecule has 3 N–H and O–H groups in total. The lowest BCUT2D eigenvalue weighted by atomic mass is 9.67. The molecule has 1 fully saturated rings. The van der Waals surface area contributed by atoms with Crippen molar-refractivity contribution in [1.29, 1.82) is 0 Å². The third-order valence-corrected chi connectivity index (χ3v) is 5.04. The summed E-state index contributed by atoms with van der Waals surface area (Å²) in [6.07, 6.45) is 5.30. The fourth-order valence-electron chi connectivity index (χ4n) is 3.39. The number of halogens is 1. The highest BCUT2D eigenvalue weighted by Gasteiger charge is 2.36. The molecule has 1 unspecified atom stereocenters. The lowest BCUT2D eigenvalue weighted by Gasteiger charge is -2.40. The second-order valence-corrected chi connectivity index (χ2v) is 7.86. The van der Waals surface area contributed by atoms with Gasteiger partial charge >= 0.3 is 6.09 Å². The molecule has 166 valence electrons. The second kappa shape index (κ2) is 15.1. The van der Waals surface area contributed by atoms with Gasteiger partial charge in [-0.25, -0.2) is 4.79 Å². The van der Waals surface area contributed by atoms with E-state index < -0.39 is 0 Å². The maximum absolute atomic E-state index is 11.8. The molecular weight excluding hydrogens is 471 g/mol. The molecule has 0 aliphatic heterocycles. The Bertz CT molecular complexity index is 457. The normalized spacial score (nSPS) is 16.6. The summed E-state index contributed by atoms with van der Waals surface area (Å²) in [6, 6.07) is -0.000870. The summed E-state index contributed by atoms with van der Waals surface area (Å²) in [7, 11) is 1.76. The third kappa shape index (κ3) is 10.7. The van der Waals surface area contributed by atoms with Gasteiger partial charge in [0.25, 0.3) is 0 Å². The van der Waals surface area contributed by atoms with Crippen molar-refractivity contribution < 1.29 is 14.3 Å². The average molecular weight is 512 g/mol. The molecule has 0 radical (unpaired) electrons. The summed E-state index contributed by atoms with van der Waals surface area (Å²) in [5, 5.41) is 9.64. The largest absolute Gasteiger partial charge is 0.450 e. The van der Waals surface area contributed by atoms with Gasteiger partial charge in [0, 0.05) is 39.4 Å². The van der Waals surface area contributed by atoms with Crippen LogP contribution in [0.2, 0.25) is 0 Å². The van der Waals surface area contributed by atoms with Crippen molar-refractivity contribution in [2.75, 3.05) is 40.0 Å². The van der Waals surface area contributed by atoms with Gasteiger partial charge in [0.2, 0.25) is 0 Å². The molecule has 1 rings (SSSR count). The molecule has 0 heterocycles. The molecule has 0 aromatic rings. The van der Waals surface area contributed by atoms with Gasteiger partial charge in [0.15, 0.2) is 5.96 Å². The number of amides is 1. The van der Waals surface area contributed by atoms with Gasteiger partial charge in [-0.3, -0.25) is 4.99 Å². The topological polar surface area (TPSA) is 84.0 Å². The summed E-state index contributed by atoms with van der Waals surface area (Å²) in [5.74, 6) is 1.28.